The SMILES string of the molecule is COc1cncc(OC)c1C1CCCCC(=O)N1Cc1ccc2c(c1)c1ccccc1n2C. The van der Waals surface area contributed by atoms with E-state index in [9.17, 15) is 4.79 Å². The van der Waals surface area contributed by atoms with E-state index in [4.69, 9.17) is 9.47 Å². The summed E-state index contributed by atoms with van der Waals surface area (Å²) in [5.41, 5.74) is 4.42. The molecule has 1 aliphatic heterocycles. The molecule has 0 bridgehead atoms. The number of aryl methyl sites for hydroxylation is 1. The third-order valence-electron chi connectivity index (χ3n) is 6.83. The summed E-state index contributed by atoms with van der Waals surface area (Å²) in [7, 11) is 5.37. The number of fused-ring (bicyclic) bond motifs is 3. The molecule has 3 heterocycles. The number of amides is 1. The van der Waals surface area contributed by atoms with Crippen LogP contribution in [0.25, 0.3) is 21.8 Å². The van der Waals surface area contributed by atoms with Gasteiger partial charge >= 0.3 is 0 Å². The second-order valence-corrected chi connectivity index (χ2v) is 8.67. The summed E-state index contributed by atoms with van der Waals surface area (Å²) in [5.74, 6) is 1.48. The highest BCUT2D eigenvalue weighted by Gasteiger charge is 2.32. The van der Waals surface area contributed by atoms with Crippen molar-refractivity contribution < 1.29 is 14.3 Å². The number of rotatable bonds is 5. The molecule has 2 aromatic carbocycles. The van der Waals surface area contributed by atoms with Crippen molar-refractivity contribution in [3.8, 4) is 11.5 Å². The molecule has 2 aromatic heterocycles. The quantitative estimate of drug-likeness (QED) is 0.415. The number of hydrogen-bond acceptors (Lipinski definition) is 4. The van der Waals surface area contributed by atoms with E-state index >= 15 is 0 Å². The minimum Gasteiger partial charge on any atom is -0.495 e. The number of likely N-dealkylation sites (tertiary alicyclic amines) is 1. The Hall–Kier alpha value is -3.54. The van der Waals surface area contributed by atoms with Gasteiger partial charge in [0, 0.05) is 41.8 Å². The van der Waals surface area contributed by atoms with Crippen LogP contribution >= 0.6 is 0 Å². The molecular weight excluding hydrogens is 414 g/mol. The zero-order valence-electron chi connectivity index (χ0n) is 19.4. The van der Waals surface area contributed by atoms with Gasteiger partial charge in [0.15, 0.2) is 0 Å². The molecule has 33 heavy (non-hydrogen) atoms. The van der Waals surface area contributed by atoms with Gasteiger partial charge in [0.25, 0.3) is 0 Å². The monoisotopic (exact) mass is 443 g/mol. The van der Waals surface area contributed by atoms with Crippen LogP contribution in [0.15, 0.2) is 54.9 Å². The fourth-order valence-electron chi connectivity index (χ4n) is 5.18. The van der Waals surface area contributed by atoms with E-state index in [0.717, 1.165) is 30.4 Å². The average molecular weight is 444 g/mol. The predicted octanol–water partition coefficient (Wildman–Crippen LogP) is 5.39. The number of para-hydroxylation sites is 1. The first kappa shape index (κ1) is 21.3. The Bertz CT molecular complexity index is 1300. The van der Waals surface area contributed by atoms with Gasteiger partial charge in [-0.15, -0.1) is 0 Å². The van der Waals surface area contributed by atoms with Gasteiger partial charge in [0.05, 0.1) is 38.2 Å². The van der Waals surface area contributed by atoms with Crippen molar-refractivity contribution in [2.45, 2.75) is 38.3 Å². The van der Waals surface area contributed by atoms with E-state index in [1.807, 2.05) is 4.90 Å². The van der Waals surface area contributed by atoms with Crippen molar-refractivity contribution >= 4 is 27.7 Å². The van der Waals surface area contributed by atoms with E-state index in [1.54, 1.807) is 26.6 Å². The van der Waals surface area contributed by atoms with Crippen LogP contribution < -0.4 is 9.47 Å². The molecule has 0 aliphatic carbocycles. The van der Waals surface area contributed by atoms with Gasteiger partial charge in [-0.2, -0.15) is 0 Å². The molecule has 1 saturated heterocycles. The maximum atomic E-state index is 13.3. The molecule has 6 nitrogen and oxygen atoms in total. The highest BCUT2D eigenvalue weighted by atomic mass is 16.5. The van der Waals surface area contributed by atoms with Gasteiger partial charge in [-0.3, -0.25) is 9.78 Å². The molecule has 1 atom stereocenters. The Morgan fingerprint density at radius 2 is 1.70 bits per heavy atom. The van der Waals surface area contributed by atoms with Crippen molar-refractivity contribution in [1.82, 2.24) is 14.5 Å². The Morgan fingerprint density at radius 1 is 0.970 bits per heavy atom. The molecule has 1 aliphatic rings. The van der Waals surface area contributed by atoms with Crippen LogP contribution in [0, 0.1) is 0 Å². The highest BCUT2D eigenvalue weighted by Crippen LogP contribution is 2.41. The molecule has 1 amide bonds. The number of pyridine rings is 1. The molecule has 1 fully saturated rings. The second-order valence-electron chi connectivity index (χ2n) is 8.67. The molecule has 6 heteroatoms. The number of nitrogens with zero attached hydrogens (tertiary/aromatic N) is 3. The Labute approximate surface area is 193 Å². The number of methoxy groups -OCH3 is 2. The summed E-state index contributed by atoms with van der Waals surface area (Å²) in [6.45, 7) is 0.539. The van der Waals surface area contributed by atoms with Crippen LogP contribution in [0.1, 0.15) is 42.9 Å². The molecule has 5 rings (SSSR count). The molecular formula is C27H29N3O3. The molecule has 170 valence electrons. The minimum absolute atomic E-state index is 0.129. The Kier molecular flexibility index (Phi) is 5.67. The van der Waals surface area contributed by atoms with Crippen molar-refractivity contribution in [2.75, 3.05) is 14.2 Å². The van der Waals surface area contributed by atoms with Gasteiger partial charge in [-0.05, 0) is 36.6 Å². The summed E-state index contributed by atoms with van der Waals surface area (Å²) < 4.78 is 13.5. The van der Waals surface area contributed by atoms with Gasteiger partial charge in [-0.1, -0.05) is 30.7 Å². The zero-order valence-corrected chi connectivity index (χ0v) is 19.4. The molecule has 0 spiro atoms. The first-order valence-electron chi connectivity index (χ1n) is 11.4. The Balaban J connectivity index is 1.59. The van der Waals surface area contributed by atoms with E-state index in [1.165, 1.54) is 21.8 Å². The number of ether oxygens (including phenoxy) is 2. The van der Waals surface area contributed by atoms with E-state index < -0.39 is 0 Å². The summed E-state index contributed by atoms with van der Waals surface area (Å²) >= 11 is 0. The standard InChI is InChI=1S/C27H29N3O3/c1-29-21-9-5-4-8-19(21)20-14-18(12-13-22(20)29)17-30-23(10-6-7-11-26(30)31)27-24(32-2)15-28-16-25(27)33-3/h4-5,8-9,12-16,23H,6-7,10-11,17H2,1-3H3. The molecule has 1 unspecified atom stereocenters. The number of hydrogen-bond donors (Lipinski definition) is 0. The summed E-state index contributed by atoms with van der Waals surface area (Å²) in [6.07, 6.45) is 6.69. The van der Waals surface area contributed by atoms with Gasteiger partial charge < -0.3 is 18.9 Å². The average Bonchev–Trinajstić information content (AvgIpc) is 3.01. The lowest BCUT2D eigenvalue weighted by Gasteiger charge is -2.32. The second kappa shape index (κ2) is 8.77. The van der Waals surface area contributed by atoms with Crippen molar-refractivity contribution in [2.24, 2.45) is 7.05 Å². The van der Waals surface area contributed by atoms with Crippen LogP contribution in [-0.2, 0) is 18.4 Å². The van der Waals surface area contributed by atoms with Crippen molar-refractivity contribution in [1.29, 1.82) is 0 Å². The number of benzene rings is 2. The molecule has 0 radical (unpaired) electrons. The predicted molar refractivity (Wildman–Crippen MR) is 130 cm³/mol. The van der Waals surface area contributed by atoms with Crippen molar-refractivity contribution in [3.63, 3.8) is 0 Å². The summed E-state index contributed by atoms with van der Waals surface area (Å²) in [6, 6.07) is 14.8. The van der Waals surface area contributed by atoms with E-state index in [-0.39, 0.29) is 11.9 Å². The fourth-order valence-corrected chi connectivity index (χ4v) is 5.18. The van der Waals surface area contributed by atoms with Crippen LogP contribution in [0.2, 0.25) is 0 Å². The van der Waals surface area contributed by atoms with Crippen LogP contribution in [-0.4, -0.2) is 34.6 Å². The normalized spacial score (nSPS) is 16.9. The van der Waals surface area contributed by atoms with Crippen LogP contribution in [0.5, 0.6) is 11.5 Å². The summed E-state index contributed by atoms with van der Waals surface area (Å²) in [4.78, 5) is 19.5. The first-order valence-corrected chi connectivity index (χ1v) is 11.4. The third kappa shape index (κ3) is 3.69. The van der Waals surface area contributed by atoms with E-state index in [2.05, 4.69) is 59.1 Å². The maximum Gasteiger partial charge on any atom is 0.223 e. The van der Waals surface area contributed by atoms with Crippen LogP contribution in [0.3, 0.4) is 0 Å². The lowest BCUT2D eigenvalue weighted by molar-refractivity contribution is -0.133. The largest absolute Gasteiger partial charge is 0.495 e. The van der Waals surface area contributed by atoms with Gasteiger partial charge in [0.2, 0.25) is 5.91 Å². The first-order chi connectivity index (χ1) is 16.1. The number of aromatic nitrogens is 2. The van der Waals surface area contributed by atoms with Crippen molar-refractivity contribution in [3.05, 3.63) is 66.0 Å². The minimum atomic E-state index is -0.129. The van der Waals surface area contributed by atoms with Gasteiger partial charge in [0.1, 0.15) is 11.5 Å². The Morgan fingerprint density at radius 3 is 2.45 bits per heavy atom. The lowest BCUT2D eigenvalue weighted by Crippen LogP contribution is -2.33. The molecule has 4 aromatic rings. The number of carbonyl (C=O) groups is 1. The van der Waals surface area contributed by atoms with Crippen LogP contribution in [0.4, 0.5) is 0 Å². The molecule has 0 N–H and O–H groups in total. The lowest BCUT2D eigenvalue weighted by atomic mass is 9.99. The fraction of sp³-hybridized carbons (Fsp3) is 0.333. The third-order valence-corrected chi connectivity index (χ3v) is 6.83. The number of carbonyl (C=O) groups excluding carboxylic acids is 1. The smallest absolute Gasteiger partial charge is 0.223 e. The van der Waals surface area contributed by atoms with E-state index in [0.29, 0.717) is 24.5 Å². The summed E-state index contributed by atoms with van der Waals surface area (Å²) in [5, 5.41) is 2.44. The molecule has 0 saturated carbocycles. The zero-order chi connectivity index (χ0) is 22.9. The highest BCUT2D eigenvalue weighted by molar-refractivity contribution is 6.08. The topological polar surface area (TPSA) is 56.6 Å². The maximum absolute atomic E-state index is 13.3. The van der Waals surface area contributed by atoms with Gasteiger partial charge in [-0.25, -0.2) is 0 Å².